The third kappa shape index (κ3) is 13.7. The van der Waals surface area contributed by atoms with Crippen LogP contribution in [0, 0.1) is 21.7 Å². The fraction of sp³-hybridized carbons (Fsp3) is 0.727. The first kappa shape index (κ1) is 30.6. The molecule has 0 atom stereocenters. The van der Waals surface area contributed by atoms with Gasteiger partial charge < -0.3 is 10.2 Å². The minimum atomic E-state index is -0.457. The molecule has 0 spiro atoms. The zero-order chi connectivity index (χ0) is 21.7. The fourth-order valence-corrected chi connectivity index (χ4v) is 1.10. The van der Waals surface area contributed by atoms with Crippen LogP contribution in [-0.4, -0.2) is 11.6 Å². The molecule has 0 aromatic rings. The minimum absolute atomic E-state index is 0. The van der Waals surface area contributed by atoms with E-state index in [-0.39, 0.29) is 39.6 Å². The van der Waals surface area contributed by atoms with Crippen LogP contribution in [0.5, 0.6) is 0 Å². The number of allylic oxidation sites excluding steroid dienone is 4. The van der Waals surface area contributed by atoms with Crippen LogP contribution in [-0.2, 0) is 26.1 Å². The Morgan fingerprint density at radius 2 is 0.704 bits per heavy atom. The van der Waals surface area contributed by atoms with Gasteiger partial charge in [-0.05, 0) is 23.0 Å². The van der Waals surface area contributed by atoms with E-state index >= 15 is 0 Å². The van der Waals surface area contributed by atoms with Crippen molar-refractivity contribution < 1.29 is 36.3 Å². The van der Waals surface area contributed by atoms with Crippen molar-refractivity contribution >= 4 is 11.6 Å². The maximum Gasteiger partial charge on any atom is 2.00 e. The van der Waals surface area contributed by atoms with Crippen molar-refractivity contribution in [3.05, 3.63) is 23.7 Å². The molecule has 0 unspecified atom stereocenters. The van der Waals surface area contributed by atoms with Crippen molar-refractivity contribution in [1.82, 2.24) is 0 Å². The molecule has 0 N–H and O–H groups in total. The van der Waals surface area contributed by atoms with Crippen molar-refractivity contribution in [3.63, 3.8) is 0 Å². The molecule has 0 rings (SSSR count). The van der Waals surface area contributed by atoms with Gasteiger partial charge in [-0.15, -0.1) is 11.5 Å². The van der Waals surface area contributed by atoms with E-state index < -0.39 is 21.7 Å². The van der Waals surface area contributed by atoms with Gasteiger partial charge >= 0.3 is 16.5 Å². The molecular formula is C22H38NiO4. The summed E-state index contributed by atoms with van der Waals surface area (Å²) < 4.78 is 0. The number of hydrogen-bond acceptors (Lipinski definition) is 4. The smallest absolute Gasteiger partial charge is 0.875 e. The average Bonchev–Trinajstić information content (AvgIpc) is 2.34. The Bertz CT molecular complexity index is 505. The molecule has 0 heterocycles. The van der Waals surface area contributed by atoms with Crippen molar-refractivity contribution in [2.45, 2.75) is 83.1 Å². The monoisotopic (exact) mass is 424 g/mol. The Morgan fingerprint density at radius 3 is 0.815 bits per heavy atom. The van der Waals surface area contributed by atoms with Crippen molar-refractivity contribution in [1.29, 1.82) is 0 Å². The largest absolute Gasteiger partial charge is 2.00 e. The molecule has 0 aromatic carbocycles. The second-order valence-electron chi connectivity index (χ2n) is 10.7. The second kappa shape index (κ2) is 10.5. The van der Waals surface area contributed by atoms with E-state index in [9.17, 15) is 19.8 Å². The predicted octanol–water partition coefficient (Wildman–Crippen LogP) is 3.78. The molecule has 0 saturated heterocycles. The fourth-order valence-electron chi connectivity index (χ4n) is 1.10. The third-order valence-corrected chi connectivity index (χ3v) is 3.48. The van der Waals surface area contributed by atoms with Crippen molar-refractivity contribution in [2.24, 2.45) is 21.7 Å². The molecule has 0 saturated carbocycles. The van der Waals surface area contributed by atoms with E-state index in [0.717, 1.165) is 0 Å². The minimum Gasteiger partial charge on any atom is -0.875 e. The van der Waals surface area contributed by atoms with Gasteiger partial charge in [0, 0.05) is 10.8 Å². The molecule has 0 aliphatic carbocycles. The molecule has 0 amide bonds. The standard InChI is InChI=1S/2C11H20O2.Ni/c2*1-10(2,3)8(12)7-9(13)11(4,5)6;/h2*7,12H,1-6H3;/q;;+2/p-2/b8-7+;8-7-;. The van der Waals surface area contributed by atoms with Gasteiger partial charge in [0.1, 0.15) is 0 Å². The summed E-state index contributed by atoms with van der Waals surface area (Å²) in [6.07, 6.45) is 2.44. The summed E-state index contributed by atoms with van der Waals surface area (Å²) in [6, 6.07) is 0. The molecule has 27 heavy (non-hydrogen) atoms. The zero-order valence-corrected chi connectivity index (χ0v) is 20.1. The van der Waals surface area contributed by atoms with Gasteiger partial charge in [0.25, 0.3) is 0 Å². The normalized spacial score (nSPS) is 13.9. The number of carbonyl (C=O) groups is 2. The van der Waals surface area contributed by atoms with E-state index in [2.05, 4.69) is 0 Å². The van der Waals surface area contributed by atoms with E-state index in [0.29, 0.717) is 0 Å². The predicted molar refractivity (Wildman–Crippen MR) is 104 cm³/mol. The number of ketones is 2. The molecule has 0 bridgehead atoms. The van der Waals surface area contributed by atoms with Gasteiger partial charge in [-0.1, -0.05) is 83.1 Å². The van der Waals surface area contributed by atoms with Crippen LogP contribution in [0.25, 0.3) is 0 Å². The second-order valence-corrected chi connectivity index (χ2v) is 10.7. The molecule has 4 nitrogen and oxygen atoms in total. The van der Waals surface area contributed by atoms with Gasteiger partial charge in [-0.25, -0.2) is 0 Å². The summed E-state index contributed by atoms with van der Waals surface area (Å²) in [5.74, 6) is -0.417. The molecule has 0 aliphatic rings. The topological polar surface area (TPSA) is 80.3 Å². The Balaban J connectivity index is -0.000000411. The van der Waals surface area contributed by atoms with Gasteiger partial charge in [0.15, 0.2) is 11.6 Å². The van der Waals surface area contributed by atoms with Gasteiger partial charge in [0.05, 0.1) is 0 Å². The van der Waals surface area contributed by atoms with Crippen LogP contribution in [0.4, 0.5) is 0 Å². The van der Waals surface area contributed by atoms with Crippen molar-refractivity contribution in [2.75, 3.05) is 0 Å². The summed E-state index contributed by atoms with van der Waals surface area (Å²) in [7, 11) is 0. The van der Waals surface area contributed by atoms with Crippen molar-refractivity contribution in [3.8, 4) is 0 Å². The summed E-state index contributed by atoms with van der Waals surface area (Å²) >= 11 is 0. The Morgan fingerprint density at radius 1 is 0.519 bits per heavy atom. The SMILES string of the molecule is CC(C)(C)C(=O)/C=C(/[O-])C(C)(C)C.CC(C)(C)C(=O)/C=C(\[O-])C(C)(C)C.[Ni+2]. The van der Waals surface area contributed by atoms with Gasteiger partial charge in [-0.2, -0.15) is 0 Å². The summed E-state index contributed by atoms with van der Waals surface area (Å²) in [6.45, 7) is 21.7. The maximum atomic E-state index is 11.4. The first-order valence-electron chi connectivity index (χ1n) is 8.97. The van der Waals surface area contributed by atoms with Gasteiger partial charge in [0.2, 0.25) is 0 Å². The maximum absolute atomic E-state index is 11.4. The average molecular weight is 425 g/mol. The first-order valence-corrected chi connectivity index (χ1v) is 8.97. The van der Waals surface area contributed by atoms with E-state index in [1.165, 1.54) is 12.2 Å². The molecule has 0 aliphatic heterocycles. The van der Waals surface area contributed by atoms with E-state index in [1.54, 1.807) is 0 Å². The first-order chi connectivity index (χ1) is 11.1. The van der Waals surface area contributed by atoms with Crippen LogP contribution in [0.3, 0.4) is 0 Å². The van der Waals surface area contributed by atoms with Crippen LogP contribution in [0.1, 0.15) is 83.1 Å². The van der Waals surface area contributed by atoms with Crippen LogP contribution >= 0.6 is 0 Å². The van der Waals surface area contributed by atoms with E-state index in [1.807, 2.05) is 83.1 Å². The van der Waals surface area contributed by atoms with E-state index in [4.69, 9.17) is 0 Å². The third-order valence-electron chi connectivity index (χ3n) is 3.48. The van der Waals surface area contributed by atoms with Gasteiger partial charge in [-0.3, -0.25) is 9.59 Å². The quantitative estimate of drug-likeness (QED) is 0.383. The molecule has 5 heteroatoms. The molecule has 0 aromatic heterocycles. The summed E-state index contributed by atoms with van der Waals surface area (Å²) in [4.78, 5) is 22.9. The van der Waals surface area contributed by atoms with Crippen LogP contribution < -0.4 is 10.2 Å². The molecule has 0 fully saturated rings. The molecule has 0 radical (unpaired) electrons. The Kier molecular flexibility index (Phi) is 11.9. The van der Waals surface area contributed by atoms with Crippen LogP contribution in [0.2, 0.25) is 0 Å². The Hall–Kier alpha value is -1.09. The summed E-state index contributed by atoms with van der Waals surface area (Å²) in [5, 5.41) is 22.9. The number of carbonyl (C=O) groups excluding carboxylic acids is 2. The molecular weight excluding hydrogens is 387 g/mol. The number of rotatable bonds is 2. The zero-order valence-electron chi connectivity index (χ0n) is 19.1. The molecule has 160 valence electrons. The summed E-state index contributed by atoms with van der Waals surface area (Å²) in [5.41, 5.74) is -1.83. The number of hydrogen-bond donors (Lipinski definition) is 0. The Labute approximate surface area is 176 Å². The van der Waals surface area contributed by atoms with Crippen LogP contribution in [0.15, 0.2) is 23.7 Å².